The van der Waals surface area contributed by atoms with Crippen LogP contribution in [0.2, 0.25) is 0 Å². The molecule has 0 spiro atoms. The van der Waals surface area contributed by atoms with Gasteiger partial charge in [0.05, 0.1) is 11.5 Å². The smallest absolute Gasteiger partial charge is 0.431 e. The fourth-order valence-electron chi connectivity index (χ4n) is 4.86. The van der Waals surface area contributed by atoms with Gasteiger partial charge >= 0.3 is 6.16 Å². The summed E-state index contributed by atoms with van der Waals surface area (Å²) < 4.78 is 54.2. The Balaban J connectivity index is 0.000000222. The normalized spacial score (nSPS) is 34.9. The maximum atomic E-state index is 11.8. The number of ether oxygens (including phenoxy) is 10. The average molecular weight is 574 g/mol. The lowest BCUT2D eigenvalue weighted by Crippen LogP contribution is -2.34. The minimum atomic E-state index is -0.960. The van der Waals surface area contributed by atoms with Gasteiger partial charge in [0.1, 0.15) is 49.0 Å². The highest BCUT2D eigenvalue weighted by molar-refractivity contribution is 5.64. The number of hydrogen-bond donors (Lipinski definition) is 1. The second-order valence-electron chi connectivity index (χ2n) is 10.3. The summed E-state index contributed by atoms with van der Waals surface area (Å²) in [4.78, 5) is 21.9. The second kappa shape index (κ2) is 12.2. The first-order chi connectivity index (χ1) is 18.9. The summed E-state index contributed by atoms with van der Waals surface area (Å²) in [7, 11) is 3.04. The van der Waals surface area contributed by atoms with Crippen LogP contribution >= 0.6 is 0 Å². The molecule has 0 bridgehead atoms. The summed E-state index contributed by atoms with van der Waals surface area (Å²) >= 11 is 0. The number of methoxy groups -OCH3 is 2. The van der Waals surface area contributed by atoms with Crippen LogP contribution in [0.4, 0.5) is 10.5 Å². The molecule has 4 aliphatic rings. The van der Waals surface area contributed by atoms with Crippen molar-refractivity contribution in [2.75, 3.05) is 27.4 Å². The van der Waals surface area contributed by atoms with E-state index >= 15 is 0 Å². The van der Waals surface area contributed by atoms with E-state index in [9.17, 15) is 14.9 Å². The van der Waals surface area contributed by atoms with Crippen molar-refractivity contribution in [3.63, 3.8) is 0 Å². The molecule has 0 amide bonds. The Kier molecular flexibility index (Phi) is 9.28. The van der Waals surface area contributed by atoms with Gasteiger partial charge in [-0.05, 0) is 39.8 Å². The van der Waals surface area contributed by atoms with Crippen LogP contribution in [-0.4, -0.2) is 104 Å². The van der Waals surface area contributed by atoms with E-state index in [1.807, 2.05) is 13.8 Å². The molecule has 8 atom stereocenters. The van der Waals surface area contributed by atoms with E-state index in [0.29, 0.717) is 0 Å². The SMILES string of the molecule is CO[C@@H]1O[C@H](CO)[C@H]2OC(C)(C)O[C@@H]12.CO[C@@H]1O[C@H](COC(=O)Oc2ccc([N+](=O)[O-])cc2)[C@H]2OC(C)(C)O[C@@H]12. The van der Waals surface area contributed by atoms with Crippen molar-refractivity contribution in [1.82, 2.24) is 0 Å². The lowest BCUT2D eigenvalue weighted by Gasteiger charge is -2.23. The maximum Gasteiger partial charge on any atom is 0.513 e. The van der Waals surface area contributed by atoms with Gasteiger partial charge in [-0.15, -0.1) is 0 Å². The largest absolute Gasteiger partial charge is 0.513 e. The number of fused-ring (bicyclic) bond motifs is 2. The number of non-ortho nitro benzene ring substituents is 1. The summed E-state index contributed by atoms with van der Waals surface area (Å²) in [5.74, 6) is -1.28. The summed E-state index contributed by atoms with van der Waals surface area (Å²) in [6.07, 6.45) is -4.30. The summed E-state index contributed by atoms with van der Waals surface area (Å²) in [6.45, 7) is 7.03. The van der Waals surface area contributed by atoms with Crippen LogP contribution in [0.5, 0.6) is 5.75 Å². The maximum absolute atomic E-state index is 11.8. The Hall–Kier alpha value is -2.47. The average Bonchev–Trinajstić information content (AvgIpc) is 3.59. The van der Waals surface area contributed by atoms with Crippen LogP contribution in [-0.2, 0) is 42.6 Å². The van der Waals surface area contributed by atoms with Gasteiger partial charge in [0.15, 0.2) is 24.2 Å². The molecule has 15 heteroatoms. The molecule has 4 fully saturated rings. The number of carbonyl (C=O) groups is 1. The number of hydrogen-bond acceptors (Lipinski definition) is 14. The molecule has 5 rings (SSSR count). The predicted octanol–water partition coefficient (Wildman–Crippen LogP) is 1.87. The summed E-state index contributed by atoms with van der Waals surface area (Å²) in [6, 6.07) is 5.06. The molecule has 0 unspecified atom stereocenters. The highest BCUT2D eigenvalue weighted by Crippen LogP contribution is 2.40. The van der Waals surface area contributed by atoms with E-state index in [1.54, 1.807) is 21.0 Å². The third-order valence-corrected chi connectivity index (χ3v) is 6.47. The van der Waals surface area contributed by atoms with Crippen molar-refractivity contribution in [2.24, 2.45) is 0 Å². The van der Waals surface area contributed by atoms with Crippen molar-refractivity contribution >= 4 is 11.8 Å². The van der Waals surface area contributed by atoms with Gasteiger partial charge in [0.25, 0.3) is 5.69 Å². The Bertz CT molecular complexity index is 1010. The Morgan fingerprint density at radius 3 is 1.82 bits per heavy atom. The van der Waals surface area contributed by atoms with Gasteiger partial charge < -0.3 is 52.5 Å². The van der Waals surface area contributed by atoms with Gasteiger partial charge in [-0.2, -0.15) is 0 Å². The van der Waals surface area contributed by atoms with Crippen molar-refractivity contribution in [2.45, 2.75) is 88.5 Å². The zero-order chi connectivity index (χ0) is 29.2. The molecule has 4 heterocycles. The molecule has 0 radical (unpaired) electrons. The monoisotopic (exact) mass is 573 g/mol. The number of aliphatic hydroxyl groups is 1. The van der Waals surface area contributed by atoms with Gasteiger partial charge in [-0.3, -0.25) is 10.1 Å². The number of benzene rings is 1. The highest BCUT2D eigenvalue weighted by Gasteiger charge is 2.56. The number of rotatable bonds is 7. The lowest BCUT2D eigenvalue weighted by molar-refractivity contribution is -0.384. The van der Waals surface area contributed by atoms with E-state index < -0.39 is 53.5 Å². The molecule has 0 aromatic heterocycles. The Morgan fingerprint density at radius 2 is 1.35 bits per heavy atom. The van der Waals surface area contributed by atoms with Gasteiger partial charge in [0.2, 0.25) is 0 Å². The molecule has 0 aliphatic carbocycles. The standard InChI is InChI=1S/C16H19NO9.C9H16O5/c1-16(2)25-12-11(24-14(21-3)13(12)26-16)8-22-15(18)23-10-6-4-9(5-7-10)17(19)20;1-9(2)13-6-5(4-10)12-8(11-3)7(6)14-9/h4-7,11-14H,8H2,1-3H3;5-8,10H,4H2,1-3H3/t11-,12-,13-,14-;5-,6-,7-,8-/m11/s1. The fraction of sp³-hybridized carbons (Fsp3) is 0.720. The molecular weight excluding hydrogens is 538 g/mol. The summed E-state index contributed by atoms with van der Waals surface area (Å²) in [5, 5.41) is 19.7. The van der Waals surface area contributed by atoms with E-state index in [4.69, 9.17) is 52.5 Å². The first-order valence-electron chi connectivity index (χ1n) is 12.6. The molecule has 4 saturated heterocycles. The quantitative estimate of drug-likeness (QED) is 0.217. The van der Waals surface area contributed by atoms with Crippen LogP contribution in [0.25, 0.3) is 0 Å². The van der Waals surface area contributed by atoms with Crippen LogP contribution in [0, 0.1) is 10.1 Å². The topological polar surface area (TPSA) is 173 Å². The van der Waals surface area contributed by atoms with Crippen molar-refractivity contribution < 1.29 is 62.2 Å². The third kappa shape index (κ3) is 6.87. The zero-order valence-electron chi connectivity index (χ0n) is 23.0. The van der Waals surface area contributed by atoms with E-state index in [2.05, 4.69) is 0 Å². The number of carbonyl (C=O) groups excluding carboxylic acids is 1. The Labute approximate surface area is 230 Å². The fourth-order valence-corrected chi connectivity index (χ4v) is 4.86. The van der Waals surface area contributed by atoms with E-state index in [0.717, 1.165) is 0 Å². The predicted molar refractivity (Wildman–Crippen MR) is 131 cm³/mol. The highest BCUT2D eigenvalue weighted by atomic mass is 16.8. The van der Waals surface area contributed by atoms with Gasteiger partial charge in [-0.1, -0.05) is 0 Å². The molecule has 4 aliphatic heterocycles. The van der Waals surface area contributed by atoms with Crippen molar-refractivity contribution in [3.8, 4) is 5.75 Å². The van der Waals surface area contributed by atoms with Crippen LogP contribution in [0.15, 0.2) is 24.3 Å². The molecule has 1 aromatic carbocycles. The van der Waals surface area contributed by atoms with Crippen molar-refractivity contribution in [3.05, 3.63) is 34.4 Å². The number of nitrogens with zero attached hydrogens (tertiary/aromatic N) is 1. The molecule has 0 saturated carbocycles. The first-order valence-corrected chi connectivity index (χ1v) is 12.6. The molecule has 224 valence electrons. The second-order valence-corrected chi connectivity index (χ2v) is 10.3. The Morgan fingerprint density at radius 1 is 0.875 bits per heavy atom. The first kappa shape index (κ1) is 30.5. The van der Waals surface area contributed by atoms with Gasteiger partial charge in [-0.25, -0.2) is 4.79 Å². The van der Waals surface area contributed by atoms with Gasteiger partial charge in [0, 0.05) is 26.4 Å². The molecular formula is C25H35NO14. The van der Waals surface area contributed by atoms with Crippen molar-refractivity contribution in [1.29, 1.82) is 0 Å². The number of aliphatic hydroxyl groups excluding tert-OH is 1. The number of nitro benzene ring substituents is 1. The third-order valence-electron chi connectivity index (χ3n) is 6.47. The van der Waals surface area contributed by atoms with Crippen LogP contribution in [0.3, 0.4) is 0 Å². The summed E-state index contributed by atoms with van der Waals surface area (Å²) in [5.41, 5.74) is -0.109. The lowest BCUT2D eigenvalue weighted by atomic mass is 10.1. The van der Waals surface area contributed by atoms with Crippen LogP contribution in [0.1, 0.15) is 27.7 Å². The van der Waals surface area contributed by atoms with E-state index in [-0.39, 0.29) is 43.0 Å². The molecule has 15 nitrogen and oxygen atoms in total. The number of nitro groups is 1. The zero-order valence-corrected chi connectivity index (χ0v) is 23.0. The van der Waals surface area contributed by atoms with Crippen LogP contribution < -0.4 is 4.74 Å². The minimum absolute atomic E-state index is 0.0829. The minimum Gasteiger partial charge on any atom is -0.431 e. The van der Waals surface area contributed by atoms with E-state index in [1.165, 1.54) is 31.4 Å². The molecule has 1 N–H and O–H groups in total. The molecule has 40 heavy (non-hydrogen) atoms. The molecule has 1 aromatic rings.